The lowest BCUT2D eigenvalue weighted by atomic mass is 10.0. The molecular formula is C29H48O4. The molecule has 0 saturated heterocycles. The maximum atomic E-state index is 12.3. The molecule has 4 heteroatoms. The molecule has 0 bridgehead atoms. The number of benzene rings is 1. The Bertz CT molecular complexity index is 640. The Morgan fingerprint density at radius 1 is 0.697 bits per heavy atom. The molecule has 188 valence electrons. The first kappa shape index (κ1) is 29.2. The van der Waals surface area contributed by atoms with Crippen molar-refractivity contribution in [1.29, 1.82) is 0 Å². The van der Waals surface area contributed by atoms with Crippen molar-refractivity contribution in [2.45, 2.75) is 130 Å². The van der Waals surface area contributed by atoms with Crippen molar-refractivity contribution in [3.8, 4) is 0 Å². The lowest BCUT2D eigenvalue weighted by Crippen LogP contribution is -2.15. The van der Waals surface area contributed by atoms with Gasteiger partial charge in [-0.15, -0.1) is 0 Å². The van der Waals surface area contributed by atoms with Crippen molar-refractivity contribution in [3.63, 3.8) is 0 Å². The monoisotopic (exact) mass is 460 g/mol. The molecule has 1 unspecified atom stereocenters. The van der Waals surface area contributed by atoms with Crippen LogP contribution in [0.25, 0.3) is 0 Å². The summed E-state index contributed by atoms with van der Waals surface area (Å²) in [7, 11) is 0. The molecule has 0 spiro atoms. The third-order valence-electron chi connectivity index (χ3n) is 6.09. The molecule has 0 aromatic heterocycles. The average molecular weight is 461 g/mol. The average Bonchev–Trinajstić information content (AvgIpc) is 2.82. The van der Waals surface area contributed by atoms with E-state index in [1.54, 1.807) is 24.3 Å². The largest absolute Gasteiger partial charge is 0.462 e. The second-order valence-electron chi connectivity index (χ2n) is 9.32. The molecule has 0 radical (unpaired) electrons. The van der Waals surface area contributed by atoms with E-state index in [4.69, 9.17) is 9.47 Å². The summed E-state index contributed by atoms with van der Waals surface area (Å²) < 4.78 is 10.9. The highest BCUT2D eigenvalue weighted by Crippen LogP contribution is 2.14. The summed E-state index contributed by atoms with van der Waals surface area (Å²) in [5.41, 5.74) is 0.800. The zero-order chi connectivity index (χ0) is 24.2. The Morgan fingerprint density at radius 2 is 1.18 bits per heavy atom. The van der Waals surface area contributed by atoms with Crippen molar-refractivity contribution in [3.05, 3.63) is 35.4 Å². The van der Waals surface area contributed by atoms with Gasteiger partial charge in [0.15, 0.2) is 0 Å². The molecule has 1 atom stereocenters. The van der Waals surface area contributed by atoms with Gasteiger partial charge in [0, 0.05) is 0 Å². The Kier molecular flexibility index (Phi) is 17.4. The minimum Gasteiger partial charge on any atom is -0.462 e. The summed E-state index contributed by atoms with van der Waals surface area (Å²) >= 11 is 0. The van der Waals surface area contributed by atoms with Gasteiger partial charge < -0.3 is 9.47 Å². The predicted molar refractivity (Wildman–Crippen MR) is 137 cm³/mol. The Hall–Kier alpha value is -1.84. The van der Waals surface area contributed by atoms with Crippen molar-refractivity contribution in [2.75, 3.05) is 6.61 Å². The van der Waals surface area contributed by atoms with Crippen LogP contribution < -0.4 is 0 Å². The number of ether oxygens (including phenoxy) is 2. The lowest BCUT2D eigenvalue weighted by molar-refractivity contribution is 0.0320. The standard InChI is InChI=1S/C29H48O4/c1-4-6-8-9-10-11-12-13-14-15-16-17-18-23-32-28(30)26-21-19-22-27(24-26)29(31)33-25(3)20-7-5-2/h19,21-22,24-25H,4-18,20,23H2,1-3H3. The van der Waals surface area contributed by atoms with Crippen LogP contribution in [0.2, 0.25) is 0 Å². The van der Waals surface area contributed by atoms with Gasteiger partial charge in [0.2, 0.25) is 0 Å². The fraction of sp³-hybridized carbons (Fsp3) is 0.724. The van der Waals surface area contributed by atoms with Crippen LogP contribution in [0.4, 0.5) is 0 Å². The molecule has 0 aliphatic carbocycles. The first-order valence-electron chi connectivity index (χ1n) is 13.6. The quantitative estimate of drug-likeness (QED) is 0.144. The molecule has 1 rings (SSSR count). The van der Waals surface area contributed by atoms with E-state index in [2.05, 4.69) is 13.8 Å². The van der Waals surface area contributed by atoms with Crippen LogP contribution >= 0.6 is 0 Å². The van der Waals surface area contributed by atoms with Crippen LogP contribution in [0.15, 0.2) is 24.3 Å². The Labute approximate surface area is 202 Å². The van der Waals surface area contributed by atoms with Gasteiger partial charge in [0.05, 0.1) is 23.8 Å². The summed E-state index contributed by atoms with van der Waals surface area (Å²) in [5, 5.41) is 0. The molecule has 1 aromatic rings. The first-order valence-corrected chi connectivity index (χ1v) is 13.6. The summed E-state index contributed by atoms with van der Waals surface area (Å²) in [6.45, 7) is 6.71. The van der Waals surface area contributed by atoms with Gasteiger partial charge in [0.25, 0.3) is 0 Å². The second-order valence-corrected chi connectivity index (χ2v) is 9.32. The minimum atomic E-state index is -0.384. The molecule has 4 nitrogen and oxygen atoms in total. The van der Waals surface area contributed by atoms with Gasteiger partial charge in [-0.2, -0.15) is 0 Å². The highest BCUT2D eigenvalue weighted by Gasteiger charge is 2.15. The molecule has 0 aliphatic rings. The van der Waals surface area contributed by atoms with Crippen LogP contribution in [-0.4, -0.2) is 24.6 Å². The fourth-order valence-electron chi connectivity index (χ4n) is 3.94. The van der Waals surface area contributed by atoms with Crippen LogP contribution in [0.5, 0.6) is 0 Å². The normalized spacial score (nSPS) is 11.8. The number of hydrogen-bond donors (Lipinski definition) is 0. The highest BCUT2D eigenvalue weighted by molar-refractivity contribution is 5.95. The Balaban J connectivity index is 2.12. The maximum Gasteiger partial charge on any atom is 0.338 e. The summed E-state index contributed by atoms with van der Waals surface area (Å²) in [6, 6.07) is 6.64. The van der Waals surface area contributed by atoms with Crippen molar-refractivity contribution >= 4 is 11.9 Å². The van der Waals surface area contributed by atoms with E-state index in [1.807, 2.05) is 6.92 Å². The number of carbonyl (C=O) groups excluding carboxylic acids is 2. The second kappa shape index (κ2) is 19.6. The van der Waals surface area contributed by atoms with Gasteiger partial charge in [-0.3, -0.25) is 0 Å². The number of rotatable bonds is 20. The van der Waals surface area contributed by atoms with E-state index in [9.17, 15) is 9.59 Å². The smallest absolute Gasteiger partial charge is 0.338 e. The maximum absolute atomic E-state index is 12.3. The van der Waals surface area contributed by atoms with Gasteiger partial charge >= 0.3 is 11.9 Å². The van der Waals surface area contributed by atoms with Gasteiger partial charge in [0.1, 0.15) is 0 Å². The van der Waals surface area contributed by atoms with E-state index in [1.165, 1.54) is 70.6 Å². The van der Waals surface area contributed by atoms with Gasteiger partial charge in [-0.05, 0) is 38.0 Å². The van der Waals surface area contributed by atoms with Gasteiger partial charge in [-0.1, -0.05) is 110 Å². The summed E-state index contributed by atoms with van der Waals surface area (Å²) in [5.74, 6) is -0.757. The van der Waals surface area contributed by atoms with Crippen LogP contribution in [0.1, 0.15) is 144 Å². The number of unbranched alkanes of at least 4 members (excludes halogenated alkanes) is 13. The van der Waals surface area contributed by atoms with E-state index >= 15 is 0 Å². The Morgan fingerprint density at radius 3 is 1.73 bits per heavy atom. The highest BCUT2D eigenvalue weighted by atomic mass is 16.5. The minimum absolute atomic E-state index is 0.122. The number of carbonyl (C=O) groups is 2. The molecular weight excluding hydrogens is 412 g/mol. The van der Waals surface area contributed by atoms with E-state index in [-0.39, 0.29) is 18.0 Å². The first-order chi connectivity index (χ1) is 16.1. The van der Waals surface area contributed by atoms with Crippen molar-refractivity contribution in [2.24, 2.45) is 0 Å². The molecule has 0 saturated carbocycles. The van der Waals surface area contributed by atoms with Crippen molar-refractivity contribution < 1.29 is 19.1 Å². The molecule has 1 aromatic carbocycles. The van der Waals surface area contributed by atoms with E-state index in [0.29, 0.717) is 17.7 Å². The topological polar surface area (TPSA) is 52.6 Å². The summed E-state index contributed by atoms with van der Waals surface area (Å²) in [4.78, 5) is 24.6. The zero-order valence-electron chi connectivity index (χ0n) is 21.5. The van der Waals surface area contributed by atoms with Crippen LogP contribution in [0, 0.1) is 0 Å². The third-order valence-corrected chi connectivity index (χ3v) is 6.09. The lowest BCUT2D eigenvalue weighted by Gasteiger charge is -2.13. The molecule has 0 fully saturated rings. The molecule has 33 heavy (non-hydrogen) atoms. The van der Waals surface area contributed by atoms with Crippen LogP contribution in [-0.2, 0) is 9.47 Å². The summed E-state index contributed by atoms with van der Waals surface area (Å²) in [6.07, 6.45) is 19.6. The fourth-order valence-corrected chi connectivity index (χ4v) is 3.94. The predicted octanol–water partition coefficient (Wildman–Crippen LogP) is 8.67. The number of hydrogen-bond acceptors (Lipinski definition) is 4. The zero-order valence-corrected chi connectivity index (χ0v) is 21.5. The van der Waals surface area contributed by atoms with Gasteiger partial charge in [-0.25, -0.2) is 9.59 Å². The van der Waals surface area contributed by atoms with E-state index in [0.717, 1.165) is 32.1 Å². The number of esters is 2. The SMILES string of the molecule is CCCCCCCCCCCCCCCOC(=O)c1cccc(C(=O)OC(C)CCCC)c1. The van der Waals surface area contributed by atoms with Crippen molar-refractivity contribution in [1.82, 2.24) is 0 Å². The molecule has 0 heterocycles. The molecule has 0 N–H and O–H groups in total. The van der Waals surface area contributed by atoms with E-state index < -0.39 is 0 Å². The van der Waals surface area contributed by atoms with Crippen LogP contribution in [0.3, 0.4) is 0 Å². The molecule has 0 aliphatic heterocycles. The molecule has 0 amide bonds. The third kappa shape index (κ3) is 14.8.